The van der Waals surface area contributed by atoms with Gasteiger partial charge in [0.1, 0.15) is 22.8 Å². The molecule has 0 atom stereocenters. The number of hydrogen-bond acceptors (Lipinski definition) is 7. The largest absolute Gasteiger partial charge is 0.545 e. The molecule has 166 valence electrons. The number of ether oxygens (including phenoxy) is 1. The number of furan rings is 1. The van der Waals surface area contributed by atoms with Gasteiger partial charge in [-0.05, 0) is 72.4 Å². The molecule has 10 heteroatoms. The van der Waals surface area contributed by atoms with Gasteiger partial charge in [0.25, 0.3) is 11.8 Å². The molecule has 1 N–H and O–H groups in total. The van der Waals surface area contributed by atoms with E-state index in [1.807, 2.05) is 0 Å². The highest BCUT2D eigenvalue weighted by Crippen LogP contribution is 2.31. The number of rotatable bonds is 5. The number of carboxylic acids is 1. The molecule has 1 aromatic heterocycles. The Morgan fingerprint density at radius 3 is 2.55 bits per heavy atom. The molecule has 0 spiro atoms. The average molecular weight is 482 g/mol. The molecule has 1 saturated heterocycles. The van der Waals surface area contributed by atoms with E-state index in [0.717, 1.165) is 0 Å². The molecular weight excluding hydrogens is 468 g/mol. The summed E-state index contributed by atoms with van der Waals surface area (Å²) in [5, 5.41) is 13.8. The van der Waals surface area contributed by atoms with Crippen LogP contribution in [0.5, 0.6) is 5.75 Å². The number of aromatic carboxylic acids is 1. The molecule has 2 heterocycles. The molecule has 4 rings (SSSR count). The summed E-state index contributed by atoms with van der Waals surface area (Å²) in [6.07, 6.45) is 1.27. The van der Waals surface area contributed by atoms with Crippen molar-refractivity contribution in [1.82, 2.24) is 5.32 Å². The van der Waals surface area contributed by atoms with Crippen molar-refractivity contribution in [2.24, 2.45) is 0 Å². The van der Waals surface area contributed by atoms with Gasteiger partial charge in [-0.25, -0.2) is 0 Å². The highest BCUT2D eigenvalue weighted by molar-refractivity contribution is 7.80. The van der Waals surface area contributed by atoms with E-state index in [9.17, 15) is 19.5 Å². The summed E-state index contributed by atoms with van der Waals surface area (Å²) in [5.74, 6) is -1.64. The van der Waals surface area contributed by atoms with Crippen molar-refractivity contribution in [1.29, 1.82) is 0 Å². The number of nitrogens with zero attached hydrogens (tertiary/aromatic N) is 1. The third-order valence-electron chi connectivity index (χ3n) is 4.81. The average Bonchev–Trinajstić information content (AvgIpc) is 3.25. The lowest BCUT2D eigenvalue weighted by atomic mass is 10.1. The fourth-order valence-electron chi connectivity index (χ4n) is 3.18. The first kappa shape index (κ1) is 22.3. The van der Waals surface area contributed by atoms with Crippen LogP contribution >= 0.6 is 23.8 Å². The second-order valence-corrected chi connectivity index (χ2v) is 7.63. The van der Waals surface area contributed by atoms with Crippen LogP contribution in [-0.2, 0) is 9.59 Å². The number of amides is 2. The van der Waals surface area contributed by atoms with Gasteiger partial charge in [-0.1, -0.05) is 17.7 Å². The van der Waals surface area contributed by atoms with Crippen LogP contribution < -0.4 is 20.1 Å². The number of carbonyl (C=O) groups excluding carboxylic acids is 3. The molecule has 1 aliphatic heterocycles. The standard InChI is InChI=1S/C23H15ClN2O6S/c1-31-14-5-3-13(4-6-14)26-21(28)17(20(27)25-23(26)33)11-15-7-9-19(32-15)16-10-12(22(29)30)2-8-18(16)24/h2-11H,1H3,(H,29,30)(H,25,27,33)/p-1/b17-11+. The lowest BCUT2D eigenvalue weighted by Crippen LogP contribution is -2.54. The topological polar surface area (TPSA) is 112 Å². The van der Waals surface area contributed by atoms with E-state index < -0.39 is 17.8 Å². The molecule has 8 nitrogen and oxygen atoms in total. The van der Waals surface area contributed by atoms with Crippen LogP contribution in [-0.4, -0.2) is 30.0 Å². The molecule has 2 aromatic carbocycles. The molecule has 1 aliphatic rings. The summed E-state index contributed by atoms with van der Waals surface area (Å²) < 4.78 is 10.8. The van der Waals surface area contributed by atoms with E-state index in [1.54, 1.807) is 30.3 Å². The number of anilines is 1. The van der Waals surface area contributed by atoms with Crippen LogP contribution in [0.15, 0.2) is 64.6 Å². The van der Waals surface area contributed by atoms with Gasteiger partial charge in [0.2, 0.25) is 0 Å². The first-order valence-corrected chi connectivity index (χ1v) is 10.2. The number of hydrogen-bond donors (Lipinski definition) is 1. The lowest BCUT2D eigenvalue weighted by molar-refractivity contribution is -0.255. The third kappa shape index (κ3) is 4.36. The second kappa shape index (κ2) is 8.89. The monoisotopic (exact) mass is 481 g/mol. The summed E-state index contributed by atoms with van der Waals surface area (Å²) in [6, 6.07) is 13.7. The van der Waals surface area contributed by atoms with Crippen LogP contribution in [0.1, 0.15) is 16.1 Å². The minimum Gasteiger partial charge on any atom is -0.545 e. The van der Waals surface area contributed by atoms with Gasteiger partial charge < -0.3 is 19.1 Å². The van der Waals surface area contributed by atoms with E-state index in [2.05, 4.69) is 5.32 Å². The second-order valence-electron chi connectivity index (χ2n) is 6.84. The van der Waals surface area contributed by atoms with Gasteiger partial charge in [0.15, 0.2) is 5.11 Å². The molecule has 0 radical (unpaired) electrons. The Labute approximate surface area is 198 Å². The van der Waals surface area contributed by atoms with E-state index in [-0.39, 0.29) is 32.8 Å². The first-order valence-electron chi connectivity index (χ1n) is 9.45. The normalized spacial score (nSPS) is 15.0. The van der Waals surface area contributed by atoms with Crippen molar-refractivity contribution < 1.29 is 28.6 Å². The Kier molecular flexibility index (Phi) is 5.99. The summed E-state index contributed by atoms with van der Waals surface area (Å²) >= 11 is 11.4. The third-order valence-corrected chi connectivity index (χ3v) is 5.43. The maximum absolute atomic E-state index is 13.1. The number of benzene rings is 2. The van der Waals surface area contributed by atoms with Crippen LogP contribution in [0.25, 0.3) is 17.4 Å². The molecule has 2 amide bonds. The fraction of sp³-hybridized carbons (Fsp3) is 0.0435. The number of methoxy groups -OCH3 is 1. The summed E-state index contributed by atoms with van der Waals surface area (Å²) in [5.41, 5.74) is 0.497. The number of carboxylic acid groups (broad SMARTS) is 1. The van der Waals surface area contributed by atoms with Crippen molar-refractivity contribution in [3.05, 3.63) is 76.5 Å². The minimum absolute atomic E-state index is 0.0571. The Hall–Kier alpha value is -3.95. The predicted molar refractivity (Wildman–Crippen MR) is 123 cm³/mol. The molecule has 0 bridgehead atoms. The van der Waals surface area contributed by atoms with Gasteiger partial charge in [-0.15, -0.1) is 0 Å². The maximum atomic E-state index is 13.1. The number of carbonyl (C=O) groups is 3. The molecule has 0 unspecified atom stereocenters. The van der Waals surface area contributed by atoms with Crippen LogP contribution in [0, 0.1) is 0 Å². The Morgan fingerprint density at radius 2 is 1.88 bits per heavy atom. The molecule has 1 fully saturated rings. The quantitative estimate of drug-likeness (QED) is 0.339. The number of halogens is 1. The van der Waals surface area contributed by atoms with E-state index in [0.29, 0.717) is 17.0 Å². The zero-order chi connectivity index (χ0) is 23.7. The minimum atomic E-state index is -1.36. The first-order chi connectivity index (χ1) is 15.8. The Balaban J connectivity index is 1.67. The SMILES string of the molecule is COc1ccc(N2C(=O)/C(=C/c3ccc(-c4cc(C(=O)[O-])ccc4Cl)o3)C(=O)NC2=S)cc1. The molecule has 0 saturated carbocycles. The number of nitrogens with one attached hydrogen (secondary N) is 1. The summed E-state index contributed by atoms with van der Waals surface area (Å²) in [4.78, 5) is 37.9. The van der Waals surface area contributed by atoms with Crippen LogP contribution in [0.3, 0.4) is 0 Å². The Bertz CT molecular complexity index is 1330. The lowest BCUT2D eigenvalue weighted by Gasteiger charge is -2.28. The highest BCUT2D eigenvalue weighted by atomic mass is 35.5. The van der Waals surface area contributed by atoms with Gasteiger partial charge >= 0.3 is 0 Å². The molecule has 33 heavy (non-hydrogen) atoms. The predicted octanol–water partition coefficient (Wildman–Crippen LogP) is 2.80. The van der Waals surface area contributed by atoms with Crippen LogP contribution in [0.2, 0.25) is 5.02 Å². The Morgan fingerprint density at radius 1 is 1.15 bits per heavy atom. The summed E-state index contributed by atoms with van der Waals surface area (Å²) in [7, 11) is 1.52. The molecule has 0 aliphatic carbocycles. The van der Waals surface area contributed by atoms with Crippen LogP contribution in [0.4, 0.5) is 5.69 Å². The van der Waals surface area contributed by atoms with E-state index >= 15 is 0 Å². The zero-order valence-electron chi connectivity index (χ0n) is 17.0. The van der Waals surface area contributed by atoms with Crippen molar-refractivity contribution >= 4 is 58.5 Å². The van der Waals surface area contributed by atoms with Gasteiger partial charge in [0.05, 0.1) is 23.8 Å². The van der Waals surface area contributed by atoms with Gasteiger partial charge in [-0.2, -0.15) is 0 Å². The maximum Gasteiger partial charge on any atom is 0.270 e. The zero-order valence-corrected chi connectivity index (χ0v) is 18.5. The molecule has 3 aromatic rings. The van der Waals surface area contributed by atoms with Gasteiger partial charge in [-0.3, -0.25) is 19.8 Å². The van der Waals surface area contributed by atoms with E-state index in [4.69, 9.17) is 33.0 Å². The molecular formula is C23H14ClN2O6S-. The van der Waals surface area contributed by atoms with Gasteiger partial charge in [0, 0.05) is 5.56 Å². The van der Waals surface area contributed by atoms with E-state index in [1.165, 1.54) is 42.4 Å². The fourth-order valence-corrected chi connectivity index (χ4v) is 3.67. The van der Waals surface area contributed by atoms with Crippen molar-refractivity contribution in [2.75, 3.05) is 12.0 Å². The van der Waals surface area contributed by atoms with Crippen molar-refractivity contribution in [3.63, 3.8) is 0 Å². The highest BCUT2D eigenvalue weighted by Gasteiger charge is 2.34. The summed E-state index contributed by atoms with van der Waals surface area (Å²) in [6.45, 7) is 0. The van der Waals surface area contributed by atoms with Crippen molar-refractivity contribution in [3.8, 4) is 17.1 Å². The van der Waals surface area contributed by atoms with Crippen molar-refractivity contribution in [2.45, 2.75) is 0 Å². The smallest absolute Gasteiger partial charge is 0.270 e. The number of thiocarbonyl (C=S) groups is 1.